The molecular formula is C10H18O. The van der Waals surface area contributed by atoms with E-state index in [4.69, 9.17) is 6.42 Å². The molecule has 0 saturated carbocycles. The van der Waals surface area contributed by atoms with E-state index in [2.05, 4.69) is 12.8 Å². The summed E-state index contributed by atoms with van der Waals surface area (Å²) in [5.41, 5.74) is -0.494. The highest BCUT2D eigenvalue weighted by Crippen LogP contribution is 2.18. The Labute approximate surface area is 69.8 Å². The van der Waals surface area contributed by atoms with Gasteiger partial charge in [-0.2, -0.15) is 0 Å². The molecule has 0 fully saturated rings. The van der Waals surface area contributed by atoms with Crippen molar-refractivity contribution in [3.05, 3.63) is 0 Å². The Morgan fingerprint density at radius 3 is 2.55 bits per heavy atom. The Balaban J connectivity index is 3.48. The van der Waals surface area contributed by atoms with Crippen molar-refractivity contribution in [2.45, 2.75) is 51.6 Å². The minimum absolute atomic E-state index is 0.494. The zero-order valence-electron chi connectivity index (χ0n) is 7.56. The topological polar surface area (TPSA) is 20.2 Å². The summed E-state index contributed by atoms with van der Waals surface area (Å²) in [4.78, 5) is 0. The third-order valence-electron chi connectivity index (χ3n) is 1.83. The van der Waals surface area contributed by atoms with E-state index < -0.39 is 5.60 Å². The minimum Gasteiger partial charge on any atom is -0.390 e. The van der Waals surface area contributed by atoms with Gasteiger partial charge in [0, 0.05) is 6.42 Å². The fraction of sp³-hybridized carbons (Fsp3) is 0.800. The van der Waals surface area contributed by atoms with Crippen molar-refractivity contribution < 1.29 is 5.11 Å². The lowest BCUT2D eigenvalue weighted by molar-refractivity contribution is 0.0397. The summed E-state index contributed by atoms with van der Waals surface area (Å²) in [6.07, 6.45) is 9.54. The highest BCUT2D eigenvalue weighted by atomic mass is 16.3. The average molecular weight is 154 g/mol. The van der Waals surface area contributed by atoms with Crippen molar-refractivity contribution >= 4 is 0 Å². The predicted molar refractivity (Wildman–Crippen MR) is 48.2 cm³/mol. The summed E-state index contributed by atoms with van der Waals surface area (Å²) < 4.78 is 0. The molecule has 0 aromatic heterocycles. The fourth-order valence-corrected chi connectivity index (χ4v) is 1.23. The van der Waals surface area contributed by atoms with Crippen LogP contribution in [0.4, 0.5) is 0 Å². The van der Waals surface area contributed by atoms with E-state index in [1.165, 1.54) is 0 Å². The number of hydrogen-bond acceptors (Lipinski definition) is 1. The van der Waals surface area contributed by atoms with Crippen LogP contribution in [0.5, 0.6) is 0 Å². The van der Waals surface area contributed by atoms with E-state index in [0.717, 1.165) is 32.1 Å². The SMILES string of the molecule is C#CCCCC(C)(O)CCC. The second kappa shape index (κ2) is 5.21. The molecule has 0 aliphatic heterocycles. The van der Waals surface area contributed by atoms with E-state index in [-0.39, 0.29) is 0 Å². The number of aliphatic hydroxyl groups is 1. The first-order valence-electron chi connectivity index (χ1n) is 4.28. The molecule has 1 nitrogen and oxygen atoms in total. The Bertz CT molecular complexity index is 130. The highest BCUT2D eigenvalue weighted by Gasteiger charge is 2.17. The molecule has 0 aromatic carbocycles. The van der Waals surface area contributed by atoms with Crippen molar-refractivity contribution in [3.63, 3.8) is 0 Å². The molecule has 0 aliphatic rings. The Hall–Kier alpha value is -0.480. The first-order chi connectivity index (χ1) is 5.12. The van der Waals surface area contributed by atoms with Crippen LogP contribution < -0.4 is 0 Å². The van der Waals surface area contributed by atoms with E-state index >= 15 is 0 Å². The van der Waals surface area contributed by atoms with E-state index in [0.29, 0.717) is 0 Å². The third kappa shape index (κ3) is 5.94. The first-order valence-corrected chi connectivity index (χ1v) is 4.28. The summed E-state index contributed by atoms with van der Waals surface area (Å²) in [6, 6.07) is 0. The van der Waals surface area contributed by atoms with Crippen LogP contribution in [-0.2, 0) is 0 Å². The van der Waals surface area contributed by atoms with Gasteiger partial charge in [0.15, 0.2) is 0 Å². The maximum atomic E-state index is 9.67. The van der Waals surface area contributed by atoms with Crippen LogP contribution in [0.25, 0.3) is 0 Å². The lowest BCUT2D eigenvalue weighted by Crippen LogP contribution is -2.23. The normalized spacial score (nSPS) is 15.5. The molecule has 0 bridgehead atoms. The monoisotopic (exact) mass is 154 g/mol. The molecule has 0 spiro atoms. The molecule has 0 rings (SSSR count). The molecule has 11 heavy (non-hydrogen) atoms. The largest absolute Gasteiger partial charge is 0.390 e. The molecule has 0 amide bonds. The van der Waals surface area contributed by atoms with Crippen LogP contribution in [-0.4, -0.2) is 10.7 Å². The van der Waals surface area contributed by atoms with E-state index in [1.807, 2.05) is 6.92 Å². The number of unbranched alkanes of at least 4 members (excludes halogenated alkanes) is 1. The summed E-state index contributed by atoms with van der Waals surface area (Å²) in [5.74, 6) is 2.57. The van der Waals surface area contributed by atoms with Crippen LogP contribution in [0, 0.1) is 12.3 Å². The van der Waals surface area contributed by atoms with Gasteiger partial charge < -0.3 is 5.11 Å². The molecular weight excluding hydrogens is 136 g/mol. The first kappa shape index (κ1) is 10.5. The second-order valence-corrected chi connectivity index (χ2v) is 3.30. The van der Waals surface area contributed by atoms with Crippen LogP contribution in [0.15, 0.2) is 0 Å². The van der Waals surface area contributed by atoms with Gasteiger partial charge >= 0.3 is 0 Å². The lowest BCUT2D eigenvalue weighted by Gasteiger charge is -2.21. The number of rotatable bonds is 5. The van der Waals surface area contributed by atoms with Crippen molar-refractivity contribution in [1.82, 2.24) is 0 Å². The average Bonchev–Trinajstić information content (AvgIpc) is 1.87. The van der Waals surface area contributed by atoms with Crippen LogP contribution in [0.3, 0.4) is 0 Å². The summed E-state index contributed by atoms with van der Waals surface area (Å²) in [6.45, 7) is 3.96. The Morgan fingerprint density at radius 1 is 1.45 bits per heavy atom. The highest BCUT2D eigenvalue weighted by molar-refractivity contribution is 4.84. The second-order valence-electron chi connectivity index (χ2n) is 3.30. The van der Waals surface area contributed by atoms with Gasteiger partial charge in [0.25, 0.3) is 0 Å². The molecule has 1 N–H and O–H groups in total. The van der Waals surface area contributed by atoms with Crippen molar-refractivity contribution in [1.29, 1.82) is 0 Å². The zero-order valence-corrected chi connectivity index (χ0v) is 7.56. The van der Waals surface area contributed by atoms with Gasteiger partial charge in [-0.1, -0.05) is 13.3 Å². The predicted octanol–water partition coefficient (Wildman–Crippen LogP) is 2.34. The molecule has 0 heterocycles. The third-order valence-corrected chi connectivity index (χ3v) is 1.83. The Kier molecular flexibility index (Phi) is 4.98. The summed E-state index contributed by atoms with van der Waals surface area (Å²) in [7, 11) is 0. The van der Waals surface area contributed by atoms with Crippen molar-refractivity contribution in [3.8, 4) is 12.3 Å². The van der Waals surface area contributed by atoms with Crippen LogP contribution in [0.2, 0.25) is 0 Å². The van der Waals surface area contributed by atoms with Crippen molar-refractivity contribution in [2.24, 2.45) is 0 Å². The maximum Gasteiger partial charge on any atom is 0.0620 e. The van der Waals surface area contributed by atoms with Gasteiger partial charge in [0.05, 0.1) is 5.60 Å². The molecule has 0 aliphatic carbocycles. The quantitative estimate of drug-likeness (QED) is 0.476. The van der Waals surface area contributed by atoms with Gasteiger partial charge in [-0.05, 0) is 26.2 Å². The van der Waals surface area contributed by atoms with Gasteiger partial charge in [-0.15, -0.1) is 12.3 Å². The van der Waals surface area contributed by atoms with E-state index in [1.54, 1.807) is 0 Å². The molecule has 1 unspecified atom stereocenters. The van der Waals surface area contributed by atoms with Gasteiger partial charge in [-0.25, -0.2) is 0 Å². The zero-order chi connectivity index (χ0) is 8.74. The summed E-state index contributed by atoms with van der Waals surface area (Å²) >= 11 is 0. The molecule has 64 valence electrons. The van der Waals surface area contributed by atoms with Gasteiger partial charge in [0.2, 0.25) is 0 Å². The summed E-state index contributed by atoms with van der Waals surface area (Å²) in [5, 5.41) is 9.67. The number of terminal acetylenes is 1. The molecule has 0 saturated heterocycles. The fourth-order valence-electron chi connectivity index (χ4n) is 1.23. The van der Waals surface area contributed by atoms with Crippen LogP contribution >= 0.6 is 0 Å². The van der Waals surface area contributed by atoms with Crippen molar-refractivity contribution in [2.75, 3.05) is 0 Å². The molecule has 0 aromatic rings. The minimum atomic E-state index is -0.494. The molecule has 0 radical (unpaired) electrons. The molecule has 1 heteroatoms. The lowest BCUT2D eigenvalue weighted by atomic mass is 9.94. The smallest absolute Gasteiger partial charge is 0.0620 e. The van der Waals surface area contributed by atoms with Gasteiger partial charge in [0.1, 0.15) is 0 Å². The Morgan fingerprint density at radius 2 is 2.09 bits per heavy atom. The standard InChI is InChI=1S/C10H18O/c1-4-6-7-9-10(3,11)8-5-2/h1,11H,5-9H2,2-3H3. The van der Waals surface area contributed by atoms with Gasteiger partial charge in [-0.3, -0.25) is 0 Å². The van der Waals surface area contributed by atoms with E-state index in [9.17, 15) is 5.11 Å². The molecule has 1 atom stereocenters. The maximum absolute atomic E-state index is 9.67. The van der Waals surface area contributed by atoms with Crippen LogP contribution in [0.1, 0.15) is 46.0 Å². The number of hydrogen-bond donors (Lipinski definition) is 1.